The number of oxazole rings is 1. The number of benzene rings is 1. The molecule has 0 unspecified atom stereocenters. The summed E-state index contributed by atoms with van der Waals surface area (Å²) in [5, 5.41) is 14.2. The topological polar surface area (TPSA) is 121 Å². The van der Waals surface area contributed by atoms with Gasteiger partial charge in [-0.15, -0.1) is 0 Å². The molecular formula is C30H39N5O5S. The minimum Gasteiger partial charge on any atom is -0.486 e. The number of nitrogens with zero attached hydrogens (tertiary/aromatic N) is 4. The molecule has 2 aliphatic heterocycles. The monoisotopic (exact) mass is 581 g/mol. The molecule has 1 fully saturated rings. The van der Waals surface area contributed by atoms with E-state index in [1.54, 1.807) is 25.5 Å². The van der Waals surface area contributed by atoms with Crippen molar-refractivity contribution < 1.29 is 23.8 Å². The van der Waals surface area contributed by atoms with Gasteiger partial charge in [0.25, 0.3) is 0 Å². The molecule has 4 heterocycles. The largest absolute Gasteiger partial charge is 0.486 e. The summed E-state index contributed by atoms with van der Waals surface area (Å²) in [5.41, 5.74) is 3.84. The zero-order valence-electron chi connectivity index (χ0n) is 23.4. The summed E-state index contributed by atoms with van der Waals surface area (Å²) >= 11 is 0. The van der Waals surface area contributed by atoms with Crippen LogP contribution in [0.25, 0.3) is 0 Å². The van der Waals surface area contributed by atoms with Crippen LogP contribution < -0.4 is 10.1 Å². The molecule has 3 aromatic rings. The molecule has 5 rings (SSSR count). The van der Waals surface area contributed by atoms with E-state index in [1.165, 1.54) is 17.5 Å². The molecule has 2 N–H and O–H groups in total. The molecule has 220 valence electrons. The Kier molecular flexibility index (Phi) is 10.8. The molecule has 0 saturated carbocycles. The maximum atomic E-state index is 12.9. The molecule has 2 aromatic heterocycles. The van der Waals surface area contributed by atoms with Crippen molar-refractivity contribution in [2.75, 3.05) is 31.5 Å². The standard InChI is InChI=1S/C30H37N5O5.H2S/c1-21(36)35-10-7-25(8-11-35)33-26-12-24(14-31-15-26)30(38)5-3-27(37)18-34-9-6-22-13-28(4-2-23(22)17-34)39-19-29-16-32-20-40-29;/h2,4,12-16,20,25,27,33,37H,3,5-11,17-19H2,1H3;1H2/t27-;/m0./s1. The van der Waals surface area contributed by atoms with Gasteiger partial charge in [-0.2, -0.15) is 13.5 Å². The Morgan fingerprint density at radius 1 is 1.12 bits per heavy atom. The van der Waals surface area contributed by atoms with Crippen LogP contribution in [0.1, 0.15) is 59.9 Å². The van der Waals surface area contributed by atoms with E-state index >= 15 is 0 Å². The number of aliphatic hydroxyl groups is 1. The van der Waals surface area contributed by atoms with E-state index < -0.39 is 6.10 Å². The van der Waals surface area contributed by atoms with Crippen LogP contribution in [0.3, 0.4) is 0 Å². The molecule has 1 aromatic carbocycles. The predicted octanol–water partition coefficient (Wildman–Crippen LogP) is 3.57. The predicted molar refractivity (Wildman–Crippen MR) is 159 cm³/mol. The third-order valence-corrected chi connectivity index (χ3v) is 7.68. The lowest BCUT2D eigenvalue weighted by Crippen LogP contribution is -2.41. The number of carbonyl (C=O) groups excluding carboxylic acids is 2. The number of piperidine rings is 1. The van der Waals surface area contributed by atoms with Crippen molar-refractivity contribution in [3.63, 3.8) is 0 Å². The zero-order valence-corrected chi connectivity index (χ0v) is 24.4. The number of pyridine rings is 1. The van der Waals surface area contributed by atoms with Gasteiger partial charge in [-0.1, -0.05) is 6.07 Å². The molecular weight excluding hydrogens is 542 g/mol. The molecule has 0 spiro atoms. The molecule has 41 heavy (non-hydrogen) atoms. The quantitative estimate of drug-likeness (QED) is 0.328. The Hall–Kier alpha value is -3.41. The first-order valence-electron chi connectivity index (χ1n) is 14.0. The van der Waals surface area contributed by atoms with Gasteiger partial charge in [-0.25, -0.2) is 4.98 Å². The van der Waals surface area contributed by atoms with E-state index in [0.29, 0.717) is 30.9 Å². The molecule has 0 aliphatic carbocycles. The van der Waals surface area contributed by atoms with Crippen LogP contribution >= 0.6 is 13.5 Å². The third kappa shape index (κ3) is 8.54. The van der Waals surface area contributed by atoms with Gasteiger partial charge < -0.3 is 24.5 Å². The summed E-state index contributed by atoms with van der Waals surface area (Å²) in [6.07, 6.45) is 9.03. The van der Waals surface area contributed by atoms with Gasteiger partial charge in [-0.3, -0.25) is 19.5 Å². The fraction of sp³-hybridized carbons (Fsp3) is 0.467. The molecule has 1 saturated heterocycles. The van der Waals surface area contributed by atoms with E-state index in [1.807, 2.05) is 17.0 Å². The lowest BCUT2D eigenvalue weighted by atomic mass is 9.98. The number of aliphatic hydroxyl groups excluding tert-OH is 1. The number of β-amino-alcohol motifs (C(OH)–C–C–N with tert-alkyl or cyclic N) is 1. The summed E-state index contributed by atoms with van der Waals surface area (Å²) in [6.45, 7) is 5.53. The minimum atomic E-state index is -0.587. The van der Waals surface area contributed by atoms with Gasteiger partial charge in [0.15, 0.2) is 17.9 Å². The first-order chi connectivity index (χ1) is 19.4. The van der Waals surface area contributed by atoms with Crippen molar-refractivity contribution in [2.24, 2.45) is 0 Å². The molecule has 1 amide bonds. The van der Waals surface area contributed by atoms with E-state index in [9.17, 15) is 14.7 Å². The molecule has 2 aliphatic rings. The highest BCUT2D eigenvalue weighted by Gasteiger charge is 2.22. The molecule has 10 nitrogen and oxygen atoms in total. The van der Waals surface area contributed by atoms with Gasteiger partial charge in [-0.05, 0) is 55.0 Å². The fourth-order valence-electron chi connectivity index (χ4n) is 5.38. The van der Waals surface area contributed by atoms with Crippen LogP contribution in [0.15, 0.2) is 53.7 Å². The van der Waals surface area contributed by atoms with Crippen LogP contribution in [0.2, 0.25) is 0 Å². The molecule has 1 atom stereocenters. The summed E-state index contributed by atoms with van der Waals surface area (Å²) in [6, 6.07) is 8.19. The van der Waals surface area contributed by atoms with Crippen LogP contribution in [-0.2, 0) is 24.4 Å². The van der Waals surface area contributed by atoms with Crippen molar-refractivity contribution in [2.45, 2.75) is 64.3 Å². The zero-order chi connectivity index (χ0) is 27.9. The number of likely N-dealkylation sites (tertiary alicyclic amines) is 1. The highest BCUT2D eigenvalue weighted by atomic mass is 32.1. The Morgan fingerprint density at radius 2 is 1.95 bits per heavy atom. The first-order valence-corrected chi connectivity index (χ1v) is 14.0. The SMILES string of the molecule is CC(=O)N1CCC(Nc2cncc(C(=O)CC[C@H](O)CN3CCc4cc(OCc5cnco5)ccc4C3)c2)CC1.S. The Morgan fingerprint density at radius 3 is 2.71 bits per heavy atom. The number of ketones is 1. The van der Waals surface area contributed by atoms with Gasteiger partial charge >= 0.3 is 0 Å². The Bertz CT molecular complexity index is 1300. The number of rotatable bonds is 11. The van der Waals surface area contributed by atoms with Crippen molar-refractivity contribution in [1.29, 1.82) is 0 Å². The molecule has 0 radical (unpaired) electrons. The van der Waals surface area contributed by atoms with Crippen molar-refractivity contribution in [1.82, 2.24) is 19.8 Å². The molecule has 0 bridgehead atoms. The Balaban J connectivity index is 0.00000387. The van der Waals surface area contributed by atoms with Gasteiger partial charge in [0, 0.05) is 70.1 Å². The van der Waals surface area contributed by atoms with Gasteiger partial charge in [0.1, 0.15) is 12.4 Å². The highest BCUT2D eigenvalue weighted by molar-refractivity contribution is 7.59. The summed E-state index contributed by atoms with van der Waals surface area (Å²) < 4.78 is 11.0. The maximum absolute atomic E-state index is 12.9. The second-order valence-corrected chi connectivity index (χ2v) is 10.7. The normalized spacial score (nSPS) is 16.4. The smallest absolute Gasteiger partial charge is 0.219 e. The van der Waals surface area contributed by atoms with Gasteiger partial charge in [0.2, 0.25) is 5.91 Å². The number of fused-ring (bicyclic) bond motifs is 1. The number of carbonyl (C=O) groups is 2. The Labute approximate surface area is 247 Å². The van der Waals surface area contributed by atoms with Crippen LogP contribution in [0.4, 0.5) is 5.69 Å². The number of amides is 1. The summed E-state index contributed by atoms with van der Waals surface area (Å²) in [7, 11) is 0. The lowest BCUT2D eigenvalue weighted by molar-refractivity contribution is -0.129. The van der Waals surface area contributed by atoms with E-state index in [2.05, 4.69) is 32.3 Å². The third-order valence-electron chi connectivity index (χ3n) is 7.68. The number of anilines is 1. The number of ether oxygens (including phenoxy) is 1. The molecule has 11 heteroatoms. The first kappa shape index (κ1) is 30.5. The number of aromatic nitrogens is 2. The number of hydrogen-bond donors (Lipinski definition) is 2. The second kappa shape index (κ2) is 14.5. The highest BCUT2D eigenvalue weighted by Crippen LogP contribution is 2.25. The van der Waals surface area contributed by atoms with Gasteiger partial charge in [0.05, 0.1) is 18.0 Å². The number of Topliss-reactive ketones (excluding diaryl/α,β-unsaturated/α-hetero) is 1. The van der Waals surface area contributed by atoms with Crippen LogP contribution in [0.5, 0.6) is 5.75 Å². The fourth-order valence-corrected chi connectivity index (χ4v) is 5.38. The summed E-state index contributed by atoms with van der Waals surface area (Å²) in [5.74, 6) is 1.57. The minimum absolute atomic E-state index is 0. The average molecular weight is 582 g/mol. The second-order valence-electron chi connectivity index (χ2n) is 10.7. The van der Waals surface area contributed by atoms with E-state index in [-0.39, 0.29) is 37.6 Å². The van der Waals surface area contributed by atoms with E-state index in [4.69, 9.17) is 9.15 Å². The van der Waals surface area contributed by atoms with E-state index in [0.717, 1.165) is 56.9 Å². The van der Waals surface area contributed by atoms with Crippen molar-refractivity contribution >= 4 is 30.9 Å². The number of hydrogen-bond acceptors (Lipinski definition) is 9. The number of nitrogens with one attached hydrogen (secondary N) is 1. The van der Waals surface area contributed by atoms with Crippen molar-refractivity contribution in [3.8, 4) is 5.75 Å². The van der Waals surface area contributed by atoms with Crippen LogP contribution in [-0.4, -0.2) is 74.9 Å². The van der Waals surface area contributed by atoms with Crippen molar-refractivity contribution in [3.05, 3.63) is 71.7 Å². The maximum Gasteiger partial charge on any atom is 0.219 e. The summed E-state index contributed by atoms with van der Waals surface area (Å²) in [4.78, 5) is 36.7. The lowest BCUT2D eigenvalue weighted by Gasteiger charge is -2.32. The average Bonchev–Trinajstić information content (AvgIpc) is 3.49. The van der Waals surface area contributed by atoms with Crippen LogP contribution in [0, 0.1) is 0 Å².